The van der Waals surface area contributed by atoms with Gasteiger partial charge in [0.25, 0.3) is 5.91 Å². The topological polar surface area (TPSA) is 80.0 Å². The number of pyridine rings is 1. The number of hydrogen-bond donors (Lipinski definition) is 2. The fourth-order valence-corrected chi connectivity index (χ4v) is 3.33. The van der Waals surface area contributed by atoms with Gasteiger partial charge in [0.1, 0.15) is 0 Å². The summed E-state index contributed by atoms with van der Waals surface area (Å²) < 4.78 is 1.73. The van der Waals surface area contributed by atoms with E-state index in [1.807, 2.05) is 25.1 Å². The van der Waals surface area contributed by atoms with Crippen LogP contribution in [0.2, 0.25) is 0 Å². The number of nitrogens with zero attached hydrogens (tertiary/aromatic N) is 3. The number of hydrogen-bond acceptors (Lipinski definition) is 4. The molecule has 0 atom stereocenters. The summed E-state index contributed by atoms with van der Waals surface area (Å²) in [6.45, 7) is 2.26. The van der Waals surface area contributed by atoms with E-state index < -0.39 is 0 Å². The van der Waals surface area contributed by atoms with Crippen LogP contribution in [0.3, 0.4) is 0 Å². The standard InChI is InChI=1S/C18H24N4O2/c1-2-16-15(11-20-22(16)17-5-3-4-10-19-17)18(24)21-14-8-6-13(12-23)7-9-14/h3-5,10-11,13-14,23H,2,6-9,12H2,1H3,(H,21,24). The smallest absolute Gasteiger partial charge is 0.254 e. The van der Waals surface area contributed by atoms with Crippen LogP contribution < -0.4 is 5.32 Å². The molecule has 0 unspecified atom stereocenters. The molecule has 6 nitrogen and oxygen atoms in total. The van der Waals surface area contributed by atoms with Gasteiger partial charge in [-0.05, 0) is 50.2 Å². The Balaban J connectivity index is 1.73. The Labute approximate surface area is 141 Å². The van der Waals surface area contributed by atoms with Gasteiger partial charge in [-0.3, -0.25) is 4.79 Å². The molecular weight excluding hydrogens is 304 g/mol. The van der Waals surface area contributed by atoms with Gasteiger partial charge >= 0.3 is 0 Å². The zero-order valence-corrected chi connectivity index (χ0v) is 14.0. The summed E-state index contributed by atoms with van der Waals surface area (Å²) in [5.41, 5.74) is 1.49. The molecule has 1 saturated carbocycles. The Bertz CT molecular complexity index is 676. The maximum absolute atomic E-state index is 12.7. The van der Waals surface area contributed by atoms with E-state index in [0.717, 1.165) is 37.2 Å². The molecular formula is C18H24N4O2. The Morgan fingerprint density at radius 1 is 1.33 bits per heavy atom. The van der Waals surface area contributed by atoms with Crippen LogP contribution >= 0.6 is 0 Å². The number of carbonyl (C=O) groups excluding carboxylic acids is 1. The predicted molar refractivity (Wildman–Crippen MR) is 91.0 cm³/mol. The first-order valence-corrected chi connectivity index (χ1v) is 8.63. The van der Waals surface area contributed by atoms with Gasteiger partial charge in [0.2, 0.25) is 0 Å². The number of aliphatic hydroxyl groups excluding tert-OH is 1. The van der Waals surface area contributed by atoms with Crippen molar-refractivity contribution >= 4 is 5.91 Å². The molecule has 1 aliphatic rings. The summed E-state index contributed by atoms with van der Waals surface area (Å²) in [4.78, 5) is 17.0. The molecule has 2 aromatic rings. The van der Waals surface area contributed by atoms with Gasteiger partial charge in [-0.25, -0.2) is 9.67 Å². The minimum Gasteiger partial charge on any atom is -0.396 e. The molecule has 2 N–H and O–H groups in total. The van der Waals surface area contributed by atoms with E-state index in [1.165, 1.54) is 0 Å². The monoisotopic (exact) mass is 328 g/mol. The Morgan fingerprint density at radius 3 is 2.75 bits per heavy atom. The predicted octanol–water partition coefficient (Wildman–Crippen LogP) is 2.11. The molecule has 0 aromatic carbocycles. The third-order valence-corrected chi connectivity index (χ3v) is 4.75. The molecule has 0 aliphatic heterocycles. The summed E-state index contributed by atoms with van der Waals surface area (Å²) in [5.74, 6) is 1.04. The third-order valence-electron chi connectivity index (χ3n) is 4.75. The second-order valence-corrected chi connectivity index (χ2v) is 6.33. The molecule has 24 heavy (non-hydrogen) atoms. The lowest BCUT2D eigenvalue weighted by atomic mass is 9.86. The summed E-state index contributed by atoms with van der Waals surface area (Å²) >= 11 is 0. The normalized spacial score (nSPS) is 20.8. The number of nitrogens with one attached hydrogen (secondary N) is 1. The lowest BCUT2D eigenvalue weighted by Gasteiger charge is -2.27. The van der Waals surface area contributed by atoms with Crippen LogP contribution in [0.4, 0.5) is 0 Å². The van der Waals surface area contributed by atoms with Crippen molar-refractivity contribution in [1.82, 2.24) is 20.1 Å². The first-order valence-electron chi connectivity index (χ1n) is 8.63. The van der Waals surface area contributed by atoms with E-state index in [9.17, 15) is 9.90 Å². The molecule has 6 heteroatoms. The number of rotatable bonds is 5. The van der Waals surface area contributed by atoms with E-state index in [0.29, 0.717) is 17.9 Å². The van der Waals surface area contributed by atoms with Gasteiger partial charge in [-0.15, -0.1) is 0 Å². The van der Waals surface area contributed by atoms with Gasteiger partial charge in [0, 0.05) is 18.8 Å². The van der Waals surface area contributed by atoms with Crippen LogP contribution in [0.5, 0.6) is 0 Å². The van der Waals surface area contributed by atoms with E-state index in [1.54, 1.807) is 17.1 Å². The molecule has 1 amide bonds. The van der Waals surface area contributed by atoms with Crippen molar-refractivity contribution < 1.29 is 9.90 Å². The van der Waals surface area contributed by atoms with Gasteiger partial charge in [0.15, 0.2) is 5.82 Å². The summed E-state index contributed by atoms with van der Waals surface area (Å²) in [6, 6.07) is 5.82. The van der Waals surface area contributed by atoms with Crippen LogP contribution in [0.25, 0.3) is 5.82 Å². The highest BCUT2D eigenvalue weighted by molar-refractivity contribution is 5.95. The second kappa shape index (κ2) is 7.57. The fraction of sp³-hybridized carbons (Fsp3) is 0.500. The van der Waals surface area contributed by atoms with E-state index >= 15 is 0 Å². The fourth-order valence-electron chi connectivity index (χ4n) is 3.33. The second-order valence-electron chi connectivity index (χ2n) is 6.33. The number of carbonyl (C=O) groups is 1. The van der Waals surface area contributed by atoms with Crippen LogP contribution in [-0.2, 0) is 6.42 Å². The summed E-state index contributed by atoms with van der Waals surface area (Å²) in [5, 5.41) is 16.7. The zero-order valence-electron chi connectivity index (χ0n) is 14.0. The van der Waals surface area contributed by atoms with E-state index in [4.69, 9.17) is 0 Å². The average molecular weight is 328 g/mol. The Morgan fingerprint density at radius 2 is 2.12 bits per heavy atom. The van der Waals surface area contributed by atoms with Crippen molar-refractivity contribution in [2.45, 2.75) is 45.1 Å². The van der Waals surface area contributed by atoms with Crippen molar-refractivity contribution in [1.29, 1.82) is 0 Å². The molecule has 0 saturated heterocycles. The molecule has 128 valence electrons. The first-order chi connectivity index (χ1) is 11.7. The minimum absolute atomic E-state index is 0.0681. The first kappa shape index (κ1) is 16.6. The van der Waals surface area contributed by atoms with Gasteiger partial charge in [0.05, 0.1) is 17.5 Å². The third kappa shape index (κ3) is 3.48. The largest absolute Gasteiger partial charge is 0.396 e. The quantitative estimate of drug-likeness (QED) is 0.881. The Hall–Kier alpha value is -2.21. The van der Waals surface area contributed by atoms with Crippen LogP contribution in [0, 0.1) is 5.92 Å². The van der Waals surface area contributed by atoms with Gasteiger partial charge in [-0.2, -0.15) is 5.10 Å². The average Bonchev–Trinajstić information content (AvgIpc) is 3.07. The molecule has 1 fully saturated rings. The molecule has 0 bridgehead atoms. The number of aromatic nitrogens is 3. The van der Waals surface area contributed by atoms with Gasteiger partial charge < -0.3 is 10.4 Å². The van der Waals surface area contributed by atoms with Gasteiger partial charge in [-0.1, -0.05) is 13.0 Å². The SMILES string of the molecule is CCc1c(C(=O)NC2CCC(CO)CC2)cnn1-c1ccccn1. The van der Waals surface area contributed by atoms with E-state index in [2.05, 4.69) is 15.4 Å². The molecule has 1 aliphatic carbocycles. The summed E-state index contributed by atoms with van der Waals surface area (Å²) in [6.07, 6.45) is 7.83. The maximum atomic E-state index is 12.7. The molecule has 0 spiro atoms. The lowest BCUT2D eigenvalue weighted by molar-refractivity contribution is 0.0913. The highest BCUT2D eigenvalue weighted by Gasteiger charge is 2.24. The van der Waals surface area contributed by atoms with E-state index in [-0.39, 0.29) is 18.6 Å². The summed E-state index contributed by atoms with van der Waals surface area (Å²) in [7, 11) is 0. The Kier molecular flexibility index (Phi) is 5.25. The van der Waals surface area contributed by atoms with Crippen molar-refractivity contribution in [3.05, 3.63) is 41.9 Å². The minimum atomic E-state index is -0.0681. The zero-order chi connectivity index (χ0) is 16.9. The van der Waals surface area contributed by atoms with Crippen molar-refractivity contribution in [3.8, 4) is 5.82 Å². The number of amides is 1. The maximum Gasteiger partial charge on any atom is 0.254 e. The van der Waals surface area contributed by atoms with Crippen LogP contribution in [0.15, 0.2) is 30.6 Å². The van der Waals surface area contributed by atoms with Crippen molar-refractivity contribution in [2.75, 3.05) is 6.61 Å². The highest BCUT2D eigenvalue weighted by Crippen LogP contribution is 2.24. The lowest BCUT2D eigenvalue weighted by Crippen LogP contribution is -2.38. The van der Waals surface area contributed by atoms with Crippen LogP contribution in [-0.4, -0.2) is 38.4 Å². The molecule has 0 radical (unpaired) electrons. The van der Waals surface area contributed by atoms with Crippen molar-refractivity contribution in [3.63, 3.8) is 0 Å². The van der Waals surface area contributed by atoms with Crippen molar-refractivity contribution in [2.24, 2.45) is 5.92 Å². The highest BCUT2D eigenvalue weighted by atomic mass is 16.3. The molecule has 2 heterocycles. The molecule has 2 aromatic heterocycles. The molecule has 3 rings (SSSR count). The van der Waals surface area contributed by atoms with Crippen LogP contribution in [0.1, 0.15) is 48.7 Å². The number of aliphatic hydroxyl groups is 1.